The number of nitrogens with two attached hydrogens (primary N) is 1. The van der Waals surface area contributed by atoms with Crippen LogP contribution in [0.2, 0.25) is 0 Å². The molecule has 0 aromatic heterocycles. The first-order valence-electron chi connectivity index (χ1n) is 7.69. The Balaban J connectivity index is 2.03. The maximum atomic E-state index is 11.9. The molecule has 5 heteroatoms. The van der Waals surface area contributed by atoms with Crippen LogP contribution in [0.4, 0.5) is 11.4 Å². The summed E-state index contributed by atoms with van der Waals surface area (Å²) in [6, 6.07) is 21.4. The Morgan fingerprint density at radius 3 is 2.04 bits per heavy atom. The SMILES string of the molecule is COC(=O)c1cc(-c2ccc(-c3ccccc3)cc2)cc(N)c1N=N. The number of hydrogen-bond donors (Lipinski definition) is 2. The van der Waals surface area contributed by atoms with Gasteiger partial charge in [0.1, 0.15) is 5.69 Å². The number of esters is 1. The second-order valence-electron chi connectivity index (χ2n) is 5.51. The molecule has 0 radical (unpaired) electrons. The second kappa shape index (κ2) is 6.97. The van der Waals surface area contributed by atoms with Crippen molar-refractivity contribution in [2.75, 3.05) is 12.8 Å². The van der Waals surface area contributed by atoms with Gasteiger partial charge >= 0.3 is 5.97 Å². The lowest BCUT2D eigenvalue weighted by Gasteiger charge is -2.10. The number of nitrogens with zero attached hydrogens (tertiary/aromatic N) is 1. The molecule has 0 aliphatic heterocycles. The largest absolute Gasteiger partial charge is 0.465 e. The van der Waals surface area contributed by atoms with Gasteiger partial charge in [0.15, 0.2) is 0 Å². The zero-order valence-electron chi connectivity index (χ0n) is 13.7. The lowest BCUT2D eigenvalue weighted by molar-refractivity contribution is 0.0601. The number of ether oxygens (including phenoxy) is 1. The van der Waals surface area contributed by atoms with Crippen LogP contribution in [0.5, 0.6) is 0 Å². The van der Waals surface area contributed by atoms with Gasteiger partial charge < -0.3 is 10.5 Å². The van der Waals surface area contributed by atoms with E-state index in [1.807, 2.05) is 54.6 Å². The van der Waals surface area contributed by atoms with E-state index in [0.717, 1.165) is 22.3 Å². The molecule has 0 aliphatic rings. The number of nitrogen functional groups attached to an aromatic ring is 1. The molecule has 0 fully saturated rings. The van der Waals surface area contributed by atoms with Crippen molar-refractivity contribution in [1.82, 2.24) is 0 Å². The molecule has 0 unspecified atom stereocenters. The highest BCUT2D eigenvalue weighted by Crippen LogP contribution is 2.34. The van der Waals surface area contributed by atoms with E-state index >= 15 is 0 Å². The van der Waals surface area contributed by atoms with Crippen LogP contribution in [-0.4, -0.2) is 13.1 Å². The molecule has 3 N–H and O–H groups in total. The highest BCUT2D eigenvalue weighted by Gasteiger charge is 2.16. The Bertz CT molecular complexity index is 920. The Morgan fingerprint density at radius 2 is 1.48 bits per heavy atom. The van der Waals surface area contributed by atoms with Crippen LogP contribution in [0.3, 0.4) is 0 Å². The molecule has 0 atom stereocenters. The normalized spacial score (nSPS) is 10.3. The van der Waals surface area contributed by atoms with Gasteiger partial charge in [-0.1, -0.05) is 54.6 Å². The van der Waals surface area contributed by atoms with Gasteiger partial charge in [-0.3, -0.25) is 0 Å². The Labute approximate surface area is 145 Å². The van der Waals surface area contributed by atoms with Gasteiger partial charge in [0, 0.05) is 0 Å². The topological polar surface area (TPSA) is 88.5 Å². The molecule has 0 heterocycles. The number of methoxy groups -OCH3 is 1. The number of hydrogen-bond acceptors (Lipinski definition) is 5. The van der Waals surface area contributed by atoms with Crippen molar-refractivity contribution in [1.29, 1.82) is 5.53 Å². The average molecular weight is 331 g/mol. The first-order chi connectivity index (χ1) is 12.1. The molecule has 0 aliphatic carbocycles. The highest BCUT2D eigenvalue weighted by molar-refractivity contribution is 5.99. The zero-order valence-corrected chi connectivity index (χ0v) is 13.7. The van der Waals surface area contributed by atoms with E-state index in [1.165, 1.54) is 7.11 Å². The molecule has 25 heavy (non-hydrogen) atoms. The Kier molecular flexibility index (Phi) is 4.57. The van der Waals surface area contributed by atoms with E-state index in [2.05, 4.69) is 5.11 Å². The van der Waals surface area contributed by atoms with Crippen LogP contribution in [0.15, 0.2) is 71.8 Å². The summed E-state index contributed by atoms with van der Waals surface area (Å²) in [4.78, 5) is 11.9. The minimum atomic E-state index is -0.569. The molecule has 3 aromatic carbocycles. The van der Waals surface area contributed by atoms with E-state index in [9.17, 15) is 4.79 Å². The van der Waals surface area contributed by atoms with Gasteiger partial charge in [-0.25, -0.2) is 10.3 Å². The van der Waals surface area contributed by atoms with Gasteiger partial charge in [-0.2, -0.15) is 5.11 Å². The number of carbonyl (C=O) groups excluding carboxylic acids is 1. The smallest absolute Gasteiger partial charge is 0.340 e. The molecular formula is C20H17N3O2. The third-order valence-corrected chi connectivity index (χ3v) is 3.98. The molecule has 0 spiro atoms. The van der Waals surface area contributed by atoms with Gasteiger partial charge in [0.25, 0.3) is 0 Å². The van der Waals surface area contributed by atoms with Crippen molar-refractivity contribution in [2.24, 2.45) is 5.11 Å². The summed E-state index contributed by atoms with van der Waals surface area (Å²) < 4.78 is 4.76. The summed E-state index contributed by atoms with van der Waals surface area (Å²) in [6.45, 7) is 0. The van der Waals surface area contributed by atoms with Crippen molar-refractivity contribution < 1.29 is 9.53 Å². The fourth-order valence-corrected chi connectivity index (χ4v) is 2.70. The fourth-order valence-electron chi connectivity index (χ4n) is 2.70. The summed E-state index contributed by atoms with van der Waals surface area (Å²) in [5.74, 6) is -0.569. The maximum Gasteiger partial charge on any atom is 0.340 e. The van der Waals surface area contributed by atoms with Gasteiger partial charge in [0.2, 0.25) is 0 Å². The van der Waals surface area contributed by atoms with E-state index < -0.39 is 5.97 Å². The molecular weight excluding hydrogens is 314 g/mol. The zero-order chi connectivity index (χ0) is 17.8. The average Bonchev–Trinajstić information content (AvgIpc) is 2.67. The molecule has 3 rings (SSSR count). The van der Waals surface area contributed by atoms with Crippen molar-refractivity contribution in [3.05, 3.63) is 72.3 Å². The van der Waals surface area contributed by atoms with E-state index in [-0.39, 0.29) is 16.9 Å². The number of rotatable bonds is 4. The third kappa shape index (κ3) is 3.26. The quantitative estimate of drug-likeness (QED) is 0.398. The molecule has 0 bridgehead atoms. The van der Waals surface area contributed by atoms with Crippen molar-refractivity contribution in [2.45, 2.75) is 0 Å². The fraction of sp³-hybridized carbons (Fsp3) is 0.0500. The predicted molar refractivity (Wildman–Crippen MR) is 97.9 cm³/mol. The minimum absolute atomic E-state index is 0.122. The van der Waals surface area contributed by atoms with Gasteiger partial charge in [-0.15, -0.1) is 0 Å². The van der Waals surface area contributed by atoms with Crippen LogP contribution in [0.25, 0.3) is 22.3 Å². The first-order valence-corrected chi connectivity index (χ1v) is 7.69. The summed E-state index contributed by atoms with van der Waals surface area (Å²) in [5, 5.41) is 3.35. The third-order valence-electron chi connectivity index (χ3n) is 3.98. The lowest BCUT2D eigenvalue weighted by atomic mass is 9.98. The maximum absolute atomic E-state index is 11.9. The van der Waals surface area contributed by atoms with Crippen LogP contribution in [-0.2, 0) is 4.74 Å². The predicted octanol–water partition coefficient (Wildman–Crippen LogP) is 5.05. The van der Waals surface area contributed by atoms with E-state index in [1.54, 1.807) is 12.1 Å². The van der Waals surface area contributed by atoms with Gasteiger partial charge in [0.05, 0.1) is 18.4 Å². The molecule has 0 saturated carbocycles. The monoisotopic (exact) mass is 331 g/mol. The van der Waals surface area contributed by atoms with Crippen LogP contribution < -0.4 is 5.73 Å². The molecule has 124 valence electrons. The van der Waals surface area contributed by atoms with Crippen molar-refractivity contribution >= 4 is 17.3 Å². The highest BCUT2D eigenvalue weighted by atomic mass is 16.5. The lowest BCUT2D eigenvalue weighted by Crippen LogP contribution is -2.03. The summed E-state index contributed by atoms with van der Waals surface area (Å²) in [5.41, 5.74) is 17.7. The van der Waals surface area contributed by atoms with Crippen molar-refractivity contribution in [3.8, 4) is 22.3 Å². The van der Waals surface area contributed by atoms with E-state index in [4.69, 9.17) is 16.0 Å². The Morgan fingerprint density at radius 1 is 0.920 bits per heavy atom. The number of benzene rings is 3. The van der Waals surface area contributed by atoms with Crippen LogP contribution in [0, 0.1) is 5.53 Å². The molecule has 0 amide bonds. The number of anilines is 1. The number of carbonyl (C=O) groups is 1. The summed E-state index contributed by atoms with van der Waals surface area (Å²) >= 11 is 0. The van der Waals surface area contributed by atoms with Gasteiger partial charge in [-0.05, 0) is 34.4 Å². The minimum Gasteiger partial charge on any atom is -0.465 e. The molecule has 5 nitrogen and oxygen atoms in total. The number of nitrogens with one attached hydrogen (secondary N) is 1. The standard InChI is InChI=1S/C20H17N3O2/c1-25-20(24)17-11-16(12-18(21)19(17)23-22)15-9-7-14(8-10-15)13-5-3-2-4-6-13/h2-12,22H,21H2,1H3. The molecule has 3 aromatic rings. The second-order valence-corrected chi connectivity index (χ2v) is 5.51. The summed E-state index contributed by atoms with van der Waals surface area (Å²) in [7, 11) is 1.29. The van der Waals surface area contributed by atoms with Crippen LogP contribution >= 0.6 is 0 Å². The molecule has 0 saturated heterocycles. The summed E-state index contributed by atoms with van der Waals surface area (Å²) in [6.07, 6.45) is 0. The van der Waals surface area contributed by atoms with Crippen molar-refractivity contribution in [3.63, 3.8) is 0 Å². The first kappa shape index (κ1) is 16.4. The van der Waals surface area contributed by atoms with E-state index in [0.29, 0.717) is 0 Å². The Hall–Kier alpha value is -3.47. The van der Waals surface area contributed by atoms with Crippen LogP contribution in [0.1, 0.15) is 10.4 Å².